The number of rotatable bonds is 2. The van der Waals surface area contributed by atoms with Crippen LogP contribution in [0.3, 0.4) is 0 Å². The van der Waals surface area contributed by atoms with Crippen LogP contribution in [0.1, 0.15) is 6.42 Å². The molecule has 2 unspecified atom stereocenters. The van der Waals surface area contributed by atoms with Crippen molar-refractivity contribution in [2.45, 2.75) is 6.42 Å². The number of fused-ring (bicyclic) bond motifs is 1. The van der Waals surface area contributed by atoms with Crippen molar-refractivity contribution in [3.63, 3.8) is 0 Å². The maximum Gasteiger partial charge on any atom is 0.0214 e. The maximum absolute atomic E-state index is 5.23. The van der Waals surface area contributed by atoms with Crippen LogP contribution >= 0.6 is 0 Å². The molecule has 2 aliphatic heterocycles. The maximum atomic E-state index is 5.23. The lowest BCUT2D eigenvalue weighted by Gasteiger charge is -2.14. The third-order valence-electron chi connectivity index (χ3n) is 3.04. The summed E-state index contributed by atoms with van der Waals surface area (Å²) in [5.41, 5.74) is 0. The van der Waals surface area contributed by atoms with Gasteiger partial charge in [0.25, 0.3) is 0 Å². The zero-order valence-electron chi connectivity index (χ0n) is 7.42. The average molecular weight is 164 g/mol. The Balaban J connectivity index is 1.80. The summed E-state index contributed by atoms with van der Waals surface area (Å²) in [4.78, 5) is 2.51. The van der Waals surface area contributed by atoms with Crippen LogP contribution in [0.2, 0.25) is 0 Å². The van der Waals surface area contributed by atoms with E-state index in [0.717, 1.165) is 24.8 Å². The molecule has 0 aromatic heterocycles. The Hall–Kier alpha value is -0.520. The molecule has 2 saturated heterocycles. The molecule has 0 radical (unpaired) electrons. The van der Waals surface area contributed by atoms with Gasteiger partial charge in [-0.1, -0.05) is 0 Å². The first kappa shape index (κ1) is 8.10. The van der Waals surface area contributed by atoms with Gasteiger partial charge in [-0.3, -0.25) is 0 Å². The van der Waals surface area contributed by atoms with Gasteiger partial charge in [-0.15, -0.1) is 12.3 Å². The van der Waals surface area contributed by atoms with E-state index in [4.69, 9.17) is 6.42 Å². The summed E-state index contributed by atoms with van der Waals surface area (Å²) in [6.07, 6.45) is 6.14. The van der Waals surface area contributed by atoms with Gasteiger partial charge < -0.3 is 10.2 Å². The normalized spacial score (nSPS) is 34.9. The van der Waals surface area contributed by atoms with Crippen LogP contribution in [0.25, 0.3) is 0 Å². The average Bonchev–Trinajstić information content (AvgIpc) is 2.58. The van der Waals surface area contributed by atoms with Crippen LogP contribution < -0.4 is 5.32 Å². The van der Waals surface area contributed by atoms with Crippen molar-refractivity contribution in [3.8, 4) is 12.3 Å². The van der Waals surface area contributed by atoms with Crippen molar-refractivity contribution in [1.82, 2.24) is 10.2 Å². The molecule has 2 aliphatic rings. The van der Waals surface area contributed by atoms with E-state index in [-0.39, 0.29) is 0 Å². The van der Waals surface area contributed by atoms with Gasteiger partial charge in [0, 0.05) is 26.1 Å². The van der Waals surface area contributed by atoms with Gasteiger partial charge in [0.05, 0.1) is 0 Å². The van der Waals surface area contributed by atoms with Crippen molar-refractivity contribution in [3.05, 3.63) is 0 Å². The lowest BCUT2D eigenvalue weighted by Crippen LogP contribution is -2.26. The molecule has 0 saturated carbocycles. The van der Waals surface area contributed by atoms with E-state index in [2.05, 4.69) is 16.1 Å². The standard InChI is InChI=1S/C10H16N2/c1-2-3-4-12-7-9-5-11-6-10(9)8-12/h1,9-11H,3-8H2. The molecule has 0 aliphatic carbocycles. The van der Waals surface area contributed by atoms with E-state index >= 15 is 0 Å². The van der Waals surface area contributed by atoms with E-state index in [0.29, 0.717) is 0 Å². The second-order valence-electron chi connectivity index (χ2n) is 3.89. The number of nitrogens with one attached hydrogen (secondary N) is 1. The summed E-state index contributed by atoms with van der Waals surface area (Å²) >= 11 is 0. The Labute approximate surface area is 74.3 Å². The van der Waals surface area contributed by atoms with E-state index in [1.165, 1.54) is 26.2 Å². The largest absolute Gasteiger partial charge is 0.316 e. The number of likely N-dealkylation sites (tertiary alicyclic amines) is 1. The SMILES string of the molecule is C#CCCN1CC2CNCC2C1. The Morgan fingerprint density at radius 2 is 2.00 bits per heavy atom. The molecule has 66 valence electrons. The fourth-order valence-electron chi connectivity index (χ4n) is 2.36. The topological polar surface area (TPSA) is 15.3 Å². The monoisotopic (exact) mass is 164 g/mol. The van der Waals surface area contributed by atoms with Gasteiger partial charge >= 0.3 is 0 Å². The lowest BCUT2D eigenvalue weighted by molar-refractivity contribution is 0.321. The second kappa shape index (κ2) is 3.47. The third kappa shape index (κ3) is 1.48. The van der Waals surface area contributed by atoms with Crippen LogP contribution in [-0.2, 0) is 0 Å². The molecule has 2 nitrogen and oxygen atoms in total. The van der Waals surface area contributed by atoms with Gasteiger partial charge in [0.2, 0.25) is 0 Å². The highest BCUT2D eigenvalue weighted by Gasteiger charge is 2.35. The minimum atomic E-state index is 0.905. The van der Waals surface area contributed by atoms with Crippen LogP contribution in [0, 0.1) is 24.2 Å². The highest BCUT2D eigenvalue weighted by molar-refractivity contribution is 4.93. The number of nitrogens with zero attached hydrogens (tertiary/aromatic N) is 1. The first-order valence-corrected chi connectivity index (χ1v) is 4.76. The summed E-state index contributed by atoms with van der Waals surface area (Å²) in [5, 5.41) is 3.43. The molecule has 12 heavy (non-hydrogen) atoms. The smallest absolute Gasteiger partial charge is 0.0214 e. The molecule has 2 fully saturated rings. The van der Waals surface area contributed by atoms with Crippen molar-refractivity contribution in [2.24, 2.45) is 11.8 Å². The fraction of sp³-hybridized carbons (Fsp3) is 0.800. The first-order valence-electron chi connectivity index (χ1n) is 4.76. The molecule has 0 amide bonds. The Morgan fingerprint density at radius 3 is 2.58 bits per heavy atom. The van der Waals surface area contributed by atoms with Crippen molar-refractivity contribution >= 4 is 0 Å². The van der Waals surface area contributed by atoms with Gasteiger partial charge in [-0.2, -0.15) is 0 Å². The van der Waals surface area contributed by atoms with Crippen LogP contribution in [0.5, 0.6) is 0 Å². The molecule has 0 aromatic carbocycles. The highest BCUT2D eigenvalue weighted by Crippen LogP contribution is 2.25. The summed E-state index contributed by atoms with van der Waals surface area (Å²) in [7, 11) is 0. The van der Waals surface area contributed by atoms with Crippen LogP contribution in [0.15, 0.2) is 0 Å². The molecule has 2 heteroatoms. The van der Waals surface area contributed by atoms with Gasteiger partial charge in [-0.25, -0.2) is 0 Å². The molecular weight excluding hydrogens is 148 g/mol. The molecule has 2 atom stereocenters. The second-order valence-corrected chi connectivity index (χ2v) is 3.89. The Bertz CT molecular complexity index is 183. The van der Waals surface area contributed by atoms with Gasteiger partial charge in [-0.05, 0) is 24.9 Å². The van der Waals surface area contributed by atoms with Crippen molar-refractivity contribution in [1.29, 1.82) is 0 Å². The molecular formula is C10H16N2. The molecule has 0 bridgehead atoms. The van der Waals surface area contributed by atoms with Crippen molar-refractivity contribution in [2.75, 3.05) is 32.7 Å². The summed E-state index contributed by atoms with van der Waals surface area (Å²) in [6, 6.07) is 0. The molecule has 0 aromatic rings. The minimum absolute atomic E-state index is 0.905. The first-order chi connectivity index (χ1) is 5.90. The molecule has 2 heterocycles. The van der Waals surface area contributed by atoms with E-state index in [1.54, 1.807) is 0 Å². The Kier molecular flexibility index (Phi) is 2.34. The minimum Gasteiger partial charge on any atom is -0.316 e. The third-order valence-corrected chi connectivity index (χ3v) is 3.04. The predicted molar refractivity (Wildman–Crippen MR) is 49.7 cm³/mol. The number of terminal acetylenes is 1. The van der Waals surface area contributed by atoms with Gasteiger partial charge in [0.15, 0.2) is 0 Å². The number of hydrogen-bond acceptors (Lipinski definition) is 2. The van der Waals surface area contributed by atoms with Gasteiger partial charge in [0.1, 0.15) is 0 Å². The highest BCUT2D eigenvalue weighted by atomic mass is 15.2. The summed E-state index contributed by atoms with van der Waals surface area (Å²) in [6.45, 7) is 6.07. The summed E-state index contributed by atoms with van der Waals surface area (Å²) < 4.78 is 0. The lowest BCUT2D eigenvalue weighted by atomic mass is 10.0. The van der Waals surface area contributed by atoms with Crippen LogP contribution in [-0.4, -0.2) is 37.6 Å². The quantitative estimate of drug-likeness (QED) is 0.585. The Morgan fingerprint density at radius 1 is 1.33 bits per heavy atom. The zero-order chi connectivity index (χ0) is 8.39. The van der Waals surface area contributed by atoms with E-state index in [9.17, 15) is 0 Å². The van der Waals surface area contributed by atoms with Crippen LogP contribution in [0.4, 0.5) is 0 Å². The molecule has 2 rings (SSSR count). The van der Waals surface area contributed by atoms with Crippen molar-refractivity contribution < 1.29 is 0 Å². The zero-order valence-corrected chi connectivity index (χ0v) is 7.42. The molecule has 1 N–H and O–H groups in total. The summed E-state index contributed by atoms with van der Waals surface area (Å²) in [5.74, 6) is 4.51. The number of hydrogen-bond donors (Lipinski definition) is 1. The van der Waals surface area contributed by atoms with E-state index < -0.39 is 0 Å². The van der Waals surface area contributed by atoms with E-state index in [1.807, 2.05) is 0 Å². The molecule has 0 spiro atoms. The fourth-order valence-corrected chi connectivity index (χ4v) is 2.36. The predicted octanol–water partition coefficient (Wildman–Crippen LogP) is 0.161.